The van der Waals surface area contributed by atoms with Gasteiger partial charge >= 0.3 is 12.2 Å². The summed E-state index contributed by atoms with van der Waals surface area (Å²) < 4.78 is 22.3. The summed E-state index contributed by atoms with van der Waals surface area (Å²) in [5, 5.41) is 104. The number of ether oxygens (including phenoxy) is 4. The van der Waals surface area contributed by atoms with Crippen molar-refractivity contribution in [3.05, 3.63) is 40.6 Å². The van der Waals surface area contributed by atoms with Crippen LogP contribution in [0.5, 0.6) is 0 Å². The Morgan fingerprint density at radius 3 is 1.40 bits per heavy atom. The number of nitrogens with zero attached hydrogens (tertiary/aromatic N) is 1. The van der Waals surface area contributed by atoms with Crippen molar-refractivity contribution in [3.63, 3.8) is 0 Å². The molecule has 0 saturated carbocycles. The maximum atomic E-state index is 13.9. The third-order valence-electron chi connectivity index (χ3n) is 15.0. The van der Waals surface area contributed by atoms with Gasteiger partial charge < -0.3 is 81.0 Å². The van der Waals surface area contributed by atoms with Gasteiger partial charge in [0, 0.05) is 32.1 Å². The van der Waals surface area contributed by atoms with E-state index in [1.54, 1.807) is 24.3 Å². The van der Waals surface area contributed by atoms with Crippen LogP contribution in [0.3, 0.4) is 0 Å². The Balaban J connectivity index is 1.93. The Labute approximate surface area is 478 Å². The number of amides is 3. The summed E-state index contributed by atoms with van der Waals surface area (Å²) in [7, 11) is 0. The number of hydrogen-bond donors (Lipinski definition) is 11. The molecular weight excluding hydrogens is 1030 g/mol. The largest absolute Gasteiger partial charge is 0.623 e. The first-order valence-corrected chi connectivity index (χ1v) is 30.7. The van der Waals surface area contributed by atoms with Crippen LogP contribution in [0.15, 0.2) is 24.3 Å². The molecule has 0 radical (unpaired) electrons. The lowest BCUT2D eigenvalue weighted by Crippen LogP contribution is -2.62. The van der Waals surface area contributed by atoms with Crippen molar-refractivity contribution in [2.75, 3.05) is 39.5 Å². The zero-order valence-electron chi connectivity index (χ0n) is 49.0. The van der Waals surface area contributed by atoms with Gasteiger partial charge in [0.15, 0.2) is 31.8 Å². The quantitative estimate of drug-likeness (QED) is 0.00993. The standard InChI is InChI=1S/C60H108N4O16/c1-4-6-8-10-12-14-16-18-20-22-24-26-28-30-32-38-61-58(74)77-44-60(3,45-78-59(75)62-39-33-31-29-27-25-23-21-19-17-15-13-11-9-7-5-2)64(76)41-47-36-34-46(35-37-47)40-63-56(73)53(71)52(70)55(48(67)42-65)80-57-54(72)51(69)50(68)49(43-66)79-57/h34-37,41,48-55,57,65-72H,4-33,38-40,42-45H2,1-3H3,(H,61,74)(H,62,75)(H,63,73)/b64-41-/t48?,49?,50-,51-,52-,53?,54?,55+,57-/m0/s1. The molecule has 1 aliphatic heterocycles. The predicted molar refractivity (Wildman–Crippen MR) is 308 cm³/mol. The van der Waals surface area contributed by atoms with Crippen LogP contribution in [0, 0.1) is 5.21 Å². The first-order valence-electron chi connectivity index (χ1n) is 30.7. The number of aliphatic hydroxyl groups excluding tert-OH is 8. The van der Waals surface area contributed by atoms with Crippen molar-refractivity contribution in [1.82, 2.24) is 16.0 Å². The van der Waals surface area contributed by atoms with Crippen molar-refractivity contribution in [2.45, 2.75) is 281 Å². The fraction of sp³-hybridized carbons (Fsp3) is 0.833. The molecule has 9 atom stereocenters. The van der Waals surface area contributed by atoms with E-state index in [4.69, 9.17) is 18.9 Å². The molecule has 1 aliphatic rings. The smallest absolute Gasteiger partial charge is 0.407 e. The monoisotopic (exact) mass is 1140 g/mol. The molecule has 1 aromatic carbocycles. The van der Waals surface area contributed by atoms with Crippen LogP contribution >= 0.6 is 0 Å². The maximum Gasteiger partial charge on any atom is 0.407 e. The summed E-state index contributed by atoms with van der Waals surface area (Å²) in [4.78, 5) is 38.7. The molecule has 0 aliphatic carbocycles. The molecular formula is C60H108N4O16. The molecule has 1 fully saturated rings. The molecule has 1 saturated heterocycles. The first-order chi connectivity index (χ1) is 38.6. The van der Waals surface area contributed by atoms with E-state index in [2.05, 4.69) is 29.8 Å². The molecule has 80 heavy (non-hydrogen) atoms. The minimum atomic E-state index is -2.26. The summed E-state index contributed by atoms with van der Waals surface area (Å²) >= 11 is 0. The normalized spacial score (nSPS) is 19.2. The Morgan fingerprint density at radius 2 is 1.01 bits per heavy atom. The number of hydroxylamine groups is 1. The van der Waals surface area contributed by atoms with E-state index in [1.165, 1.54) is 154 Å². The Kier molecular flexibility index (Phi) is 40.6. The summed E-state index contributed by atoms with van der Waals surface area (Å²) in [6.45, 7) is 4.00. The van der Waals surface area contributed by atoms with E-state index in [-0.39, 0.29) is 6.54 Å². The van der Waals surface area contributed by atoms with Gasteiger partial charge in [-0.3, -0.25) is 4.79 Å². The van der Waals surface area contributed by atoms with Gasteiger partial charge in [-0.1, -0.05) is 206 Å². The van der Waals surface area contributed by atoms with Crippen molar-refractivity contribution >= 4 is 24.3 Å². The van der Waals surface area contributed by atoms with E-state index in [9.17, 15) is 60.4 Å². The van der Waals surface area contributed by atoms with Gasteiger partial charge in [-0.2, -0.15) is 4.74 Å². The number of carbonyl (C=O) groups excluding carboxylic acids is 3. The number of carbonyl (C=O) groups is 3. The predicted octanol–water partition coefficient (Wildman–Crippen LogP) is 7.45. The highest BCUT2D eigenvalue weighted by Crippen LogP contribution is 2.26. The van der Waals surface area contributed by atoms with E-state index in [1.807, 2.05) is 0 Å². The number of rotatable bonds is 48. The van der Waals surface area contributed by atoms with Gasteiger partial charge in [0.2, 0.25) is 5.54 Å². The lowest BCUT2D eigenvalue weighted by molar-refractivity contribution is -0.547. The minimum absolute atomic E-state index is 0.187. The van der Waals surface area contributed by atoms with Gasteiger partial charge in [-0.25, -0.2) is 9.59 Å². The maximum absolute atomic E-state index is 13.9. The molecule has 1 heterocycles. The van der Waals surface area contributed by atoms with Crippen LogP contribution in [0.2, 0.25) is 0 Å². The summed E-state index contributed by atoms with van der Waals surface area (Å²) in [5.74, 6) is -1.13. The zero-order valence-corrected chi connectivity index (χ0v) is 49.0. The number of aliphatic hydroxyl groups is 8. The number of unbranched alkanes of at least 4 members (excludes halogenated alkanes) is 28. The Bertz CT molecular complexity index is 1710. The number of nitrogens with one attached hydrogen (secondary N) is 3. The second-order valence-electron chi connectivity index (χ2n) is 22.3. The molecule has 0 spiro atoms. The third-order valence-corrected chi connectivity index (χ3v) is 15.0. The van der Waals surface area contributed by atoms with Crippen molar-refractivity contribution < 1.29 is 78.9 Å². The van der Waals surface area contributed by atoms with Crippen LogP contribution in [-0.4, -0.2) is 170 Å². The molecule has 20 nitrogen and oxygen atoms in total. The molecule has 20 heteroatoms. The number of hydrogen-bond acceptors (Lipinski definition) is 16. The number of alkyl carbamates (subject to hydrolysis) is 2. The fourth-order valence-electron chi connectivity index (χ4n) is 9.57. The van der Waals surface area contributed by atoms with E-state index in [0.29, 0.717) is 29.0 Å². The Morgan fingerprint density at radius 1 is 0.613 bits per heavy atom. The van der Waals surface area contributed by atoms with Gasteiger partial charge in [0.25, 0.3) is 5.91 Å². The molecule has 1 aromatic rings. The SMILES string of the molecule is CCCCCCCCCCCCCCCCCNC(=O)OCC(C)(COC(=O)NCCCCCCCCCCCCCCCCC)/[N+]([O-])=C/c1ccc(CNC(=O)C(O)[C@H](O)[C@H](O[C@@H]2OC(CO)[C@H](O)[C@H](O)C2O)C(O)CO)cc1. The highest BCUT2D eigenvalue weighted by Gasteiger charge is 2.47. The van der Waals surface area contributed by atoms with Gasteiger partial charge in [-0.05, 0) is 30.5 Å². The molecule has 0 bridgehead atoms. The van der Waals surface area contributed by atoms with Crippen molar-refractivity contribution in [3.8, 4) is 0 Å². The highest BCUT2D eigenvalue weighted by atomic mass is 16.7. The molecule has 11 N–H and O–H groups in total. The lowest BCUT2D eigenvalue weighted by Gasteiger charge is -2.42. The van der Waals surface area contributed by atoms with Crippen LogP contribution in [0.4, 0.5) is 9.59 Å². The van der Waals surface area contributed by atoms with Crippen molar-refractivity contribution in [1.29, 1.82) is 0 Å². The second-order valence-corrected chi connectivity index (χ2v) is 22.3. The fourth-order valence-corrected chi connectivity index (χ4v) is 9.57. The zero-order chi connectivity index (χ0) is 58.8. The average molecular weight is 1140 g/mol. The molecule has 464 valence electrons. The van der Waals surface area contributed by atoms with Gasteiger partial charge in [-0.15, -0.1) is 0 Å². The van der Waals surface area contributed by atoms with Gasteiger partial charge in [0.1, 0.15) is 42.7 Å². The van der Waals surface area contributed by atoms with Gasteiger partial charge in [0.05, 0.1) is 13.2 Å². The van der Waals surface area contributed by atoms with Crippen LogP contribution in [-0.2, 0) is 30.3 Å². The minimum Gasteiger partial charge on any atom is -0.623 e. The van der Waals surface area contributed by atoms with Crippen molar-refractivity contribution in [2.24, 2.45) is 0 Å². The van der Waals surface area contributed by atoms with E-state index in [0.717, 1.165) is 51.4 Å². The van der Waals surface area contributed by atoms with E-state index >= 15 is 0 Å². The molecule has 0 aromatic heterocycles. The molecule has 3 amide bonds. The number of benzene rings is 1. The lowest BCUT2D eigenvalue weighted by atomic mass is 9.98. The summed E-state index contributed by atoms with van der Waals surface area (Å²) in [5.41, 5.74) is -0.654. The highest BCUT2D eigenvalue weighted by molar-refractivity contribution is 5.81. The van der Waals surface area contributed by atoms with E-state index < -0.39 is 105 Å². The molecule has 4 unspecified atom stereocenters. The van der Waals surface area contributed by atoms with Crippen LogP contribution < -0.4 is 16.0 Å². The summed E-state index contributed by atoms with van der Waals surface area (Å²) in [6.07, 6.45) is 19.5. The summed E-state index contributed by atoms with van der Waals surface area (Å²) in [6, 6.07) is 6.28. The Hall–Kier alpha value is -3.70. The van der Waals surface area contributed by atoms with Crippen LogP contribution in [0.25, 0.3) is 0 Å². The average Bonchev–Trinajstić information content (AvgIpc) is 3.46. The second kappa shape index (κ2) is 44.8. The topological polar surface area (TPSA) is 312 Å². The third kappa shape index (κ3) is 31.1. The molecule has 2 rings (SSSR count). The first kappa shape index (κ1) is 72.4. The van der Waals surface area contributed by atoms with Crippen LogP contribution in [0.1, 0.15) is 225 Å².